The summed E-state index contributed by atoms with van der Waals surface area (Å²) in [5.41, 5.74) is 1.77. The molecule has 7 heteroatoms. The number of fused-ring (bicyclic) bond motifs is 1. The van der Waals surface area contributed by atoms with Gasteiger partial charge < -0.3 is 10.3 Å². The van der Waals surface area contributed by atoms with Gasteiger partial charge in [0.1, 0.15) is 11.5 Å². The number of halogens is 2. The van der Waals surface area contributed by atoms with Gasteiger partial charge in [-0.2, -0.15) is 0 Å². The van der Waals surface area contributed by atoms with E-state index in [1.54, 1.807) is 18.2 Å². The minimum Gasteiger partial charge on any atom is -0.356 e. The molecule has 1 aliphatic heterocycles. The number of carbonyl (C=O) groups excluding carboxylic acids is 1. The van der Waals surface area contributed by atoms with Crippen LogP contribution in [-0.4, -0.2) is 27.4 Å². The van der Waals surface area contributed by atoms with Crippen molar-refractivity contribution in [2.75, 3.05) is 6.54 Å². The molecule has 3 aromatic rings. The fourth-order valence-corrected chi connectivity index (χ4v) is 2.75. The van der Waals surface area contributed by atoms with Crippen LogP contribution < -0.4 is 5.32 Å². The molecule has 0 radical (unpaired) electrons. The Hall–Kier alpha value is -3.09. The quantitative estimate of drug-likeness (QED) is 0.761. The van der Waals surface area contributed by atoms with Crippen LogP contribution in [0.15, 0.2) is 36.5 Å². The van der Waals surface area contributed by atoms with Crippen LogP contribution in [0.2, 0.25) is 0 Å². The first-order chi connectivity index (χ1) is 11.6. The molecule has 120 valence electrons. The molecular weight excluding hydrogens is 314 g/mol. The van der Waals surface area contributed by atoms with Crippen molar-refractivity contribution in [2.45, 2.75) is 6.42 Å². The van der Waals surface area contributed by atoms with Gasteiger partial charge in [-0.3, -0.25) is 4.79 Å². The fraction of sp³-hybridized carbons (Fsp3) is 0.118. The fourth-order valence-electron chi connectivity index (χ4n) is 2.75. The Morgan fingerprint density at radius 1 is 1.08 bits per heavy atom. The lowest BCUT2D eigenvalue weighted by Gasteiger charge is -2.10. The number of hydrogen-bond donors (Lipinski definition) is 2. The van der Waals surface area contributed by atoms with Gasteiger partial charge in [0.25, 0.3) is 5.91 Å². The Labute approximate surface area is 135 Å². The Morgan fingerprint density at radius 3 is 2.71 bits per heavy atom. The minimum atomic E-state index is -0.644. The van der Waals surface area contributed by atoms with Gasteiger partial charge in [-0.15, -0.1) is 0 Å². The number of aromatic nitrogens is 3. The first-order valence-electron chi connectivity index (χ1n) is 7.41. The molecule has 2 N–H and O–H groups in total. The summed E-state index contributed by atoms with van der Waals surface area (Å²) in [6, 6.07) is 7.59. The van der Waals surface area contributed by atoms with E-state index in [4.69, 9.17) is 0 Å². The first-order valence-corrected chi connectivity index (χ1v) is 7.41. The summed E-state index contributed by atoms with van der Waals surface area (Å²) in [5.74, 6) is -1.25. The second kappa shape index (κ2) is 5.52. The lowest BCUT2D eigenvalue weighted by Crippen LogP contribution is -2.31. The highest BCUT2D eigenvalue weighted by Gasteiger charge is 2.22. The average molecular weight is 326 g/mol. The molecule has 0 unspecified atom stereocenters. The summed E-state index contributed by atoms with van der Waals surface area (Å²) in [7, 11) is 0. The van der Waals surface area contributed by atoms with E-state index in [2.05, 4.69) is 20.3 Å². The summed E-state index contributed by atoms with van der Waals surface area (Å²) in [4.78, 5) is 22.9. The smallest absolute Gasteiger partial charge is 0.253 e. The molecule has 4 rings (SSSR count). The summed E-state index contributed by atoms with van der Waals surface area (Å²) in [6.07, 6.45) is 1.64. The lowest BCUT2D eigenvalue weighted by molar-refractivity contribution is 0.0946. The van der Waals surface area contributed by atoms with Crippen LogP contribution in [0, 0.1) is 11.6 Å². The second-order valence-corrected chi connectivity index (χ2v) is 5.45. The number of hydrogen-bond acceptors (Lipinski definition) is 3. The van der Waals surface area contributed by atoms with E-state index in [9.17, 15) is 13.6 Å². The molecule has 0 spiro atoms. The van der Waals surface area contributed by atoms with Gasteiger partial charge in [0, 0.05) is 18.7 Å². The van der Waals surface area contributed by atoms with E-state index < -0.39 is 11.6 Å². The Kier molecular flexibility index (Phi) is 3.34. The second-order valence-electron chi connectivity index (χ2n) is 5.45. The standard InChI is InChI=1S/C17H12F2N4O/c18-11-4-2-1-3-9(11)16-21-8-12(19)15(23-16)14-7-10-13(22-14)5-6-20-17(10)24/h1-4,7-8,22H,5-6H2,(H,20,24). The number of carbonyl (C=O) groups is 1. The van der Waals surface area contributed by atoms with Gasteiger partial charge in [0.05, 0.1) is 23.0 Å². The zero-order valence-corrected chi connectivity index (χ0v) is 12.4. The van der Waals surface area contributed by atoms with Crippen molar-refractivity contribution in [3.63, 3.8) is 0 Å². The largest absolute Gasteiger partial charge is 0.356 e. The van der Waals surface area contributed by atoms with Crippen molar-refractivity contribution in [1.82, 2.24) is 20.3 Å². The lowest BCUT2D eigenvalue weighted by atomic mass is 10.1. The van der Waals surface area contributed by atoms with E-state index in [1.165, 1.54) is 12.1 Å². The molecule has 0 fully saturated rings. The highest BCUT2D eigenvalue weighted by atomic mass is 19.1. The van der Waals surface area contributed by atoms with Crippen molar-refractivity contribution >= 4 is 5.91 Å². The van der Waals surface area contributed by atoms with Crippen LogP contribution in [-0.2, 0) is 6.42 Å². The van der Waals surface area contributed by atoms with Crippen LogP contribution >= 0.6 is 0 Å². The average Bonchev–Trinajstić information content (AvgIpc) is 3.01. The summed E-state index contributed by atoms with van der Waals surface area (Å²) in [5, 5.41) is 2.73. The molecular formula is C17H12F2N4O. The predicted octanol–water partition coefficient (Wildman–Crippen LogP) is 2.70. The monoisotopic (exact) mass is 326 g/mol. The molecule has 24 heavy (non-hydrogen) atoms. The maximum absolute atomic E-state index is 14.2. The third-order valence-corrected chi connectivity index (χ3v) is 3.92. The van der Waals surface area contributed by atoms with Crippen molar-refractivity contribution in [3.05, 3.63) is 59.4 Å². The van der Waals surface area contributed by atoms with Gasteiger partial charge in [-0.05, 0) is 18.2 Å². The van der Waals surface area contributed by atoms with E-state index in [0.717, 1.165) is 11.9 Å². The summed E-state index contributed by atoms with van der Waals surface area (Å²) < 4.78 is 28.1. The molecule has 1 amide bonds. The molecule has 0 atom stereocenters. The minimum absolute atomic E-state index is 0.00505. The SMILES string of the molecule is O=C1NCCc2[nH]c(-c3nc(-c4ccccc4F)ncc3F)cc21. The van der Waals surface area contributed by atoms with Gasteiger partial charge in [0.2, 0.25) is 0 Å². The van der Waals surface area contributed by atoms with E-state index in [1.807, 2.05) is 0 Å². The predicted molar refractivity (Wildman–Crippen MR) is 83.2 cm³/mol. The maximum atomic E-state index is 14.2. The van der Waals surface area contributed by atoms with Crippen molar-refractivity contribution in [3.8, 4) is 22.8 Å². The van der Waals surface area contributed by atoms with E-state index in [0.29, 0.717) is 24.2 Å². The van der Waals surface area contributed by atoms with Gasteiger partial charge in [0.15, 0.2) is 11.6 Å². The van der Waals surface area contributed by atoms with Crippen LogP contribution in [0.5, 0.6) is 0 Å². The molecule has 0 saturated heterocycles. The molecule has 5 nitrogen and oxygen atoms in total. The Bertz CT molecular complexity index is 952. The van der Waals surface area contributed by atoms with Crippen molar-refractivity contribution < 1.29 is 13.6 Å². The van der Waals surface area contributed by atoms with Crippen LogP contribution in [0.3, 0.4) is 0 Å². The molecule has 0 saturated carbocycles. The molecule has 0 aliphatic carbocycles. The maximum Gasteiger partial charge on any atom is 0.253 e. The number of nitrogens with one attached hydrogen (secondary N) is 2. The third kappa shape index (κ3) is 2.34. The topological polar surface area (TPSA) is 70.7 Å². The zero-order chi connectivity index (χ0) is 16.7. The Morgan fingerprint density at radius 2 is 1.92 bits per heavy atom. The number of benzene rings is 1. The van der Waals surface area contributed by atoms with Crippen molar-refractivity contribution in [2.24, 2.45) is 0 Å². The zero-order valence-electron chi connectivity index (χ0n) is 12.4. The number of H-pyrrole nitrogens is 1. The number of rotatable bonds is 2. The highest BCUT2D eigenvalue weighted by molar-refractivity contribution is 5.97. The van der Waals surface area contributed by atoms with E-state index >= 15 is 0 Å². The van der Waals surface area contributed by atoms with Crippen LogP contribution in [0.4, 0.5) is 8.78 Å². The number of aromatic amines is 1. The first kappa shape index (κ1) is 14.5. The van der Waals surface area contributed by atoms with Crippen molar-refractivity contribution in [1.29, 1.82) is 0 Å². The third-order valence-electron chi connectivity index (χ3n) is 3.92. The summed E-state index contributed by atoms with van der Waals surface area (Å²) in [6.45, 7) is 0.526. The Balaban J connectivity index is 1.83. The molecule has 3 heterocycles. The molecule has 1 aliphatic rings. The normalized spacial score (nSPS) is 13.5. The molecule has 2 aromatic heterocycles. The van der Waals surface area contributed by atoms with Gasteiger partial charge in [-0.1, -0.05) is 12.1 Å². The van der Waals surface area contributed by atoms with E-state index in [-0.39, 0.29) is 23.0 Å². The summed E-state index contributed by atoms with van der Waals surface area (Å²) >= 11 is 0. The van der Waals surface area contributed by atoms with Crippen LogP contribution in [0.25, 0.3) is 22.8 Å². The van der Waals surface area contributed by atoms with Gasteiger partial charge >= 0.3 is 0 Å². The van der Waals surface area contributed by atoms with Gasteiger partial charge in [-0.25, -0.2) is 18.7 Å². The highest BCUT2D eigenvalue weighted by Crippen LogP contribution is 2.27. The van der Waals surface area contributed by atoms with Crippen LogP contribution in [0.1, 0.15) is 16.1 Å². The number of amides is 1. The number of nitrogens with zero attached hydrogens (tertiary/aromatic N) is 2. The molecule has 1 aromatic carbocycles. The molecule has 0 bridgehead atoms.